The summed E-state index contributed by atoms with van der Waals surface area (Å²) in [6.07, 6.45) is 0. The number of nitrogens with zero attached hydrogens (tertiary/aromatic N) is 4. The van der Waals surface area contributed by atoms with Gasteiger partial charge in [-0.2, -0.15) is 4.98 Å². The quantitative estimate of drug-likeness (QED) is 0.565. The van der Waals surface area contributed by atoms with Gasteiger partial charge in [0, 0.05) is 22.7 Å². The third kappa shape index (κ3) is 2.94. The largest absolute Gasteiger partial charge is 0.481 e. The summed E-state index contributed by atoms with van der Waals surface area (Å²) in [6.45, 7) is 3.94. The molecule has 0 aliphatic heterocycles. The van der Waals surface area contributed by atoms with Gasteiger partial charge in [0.05, 0.1) is 12.6 Å². The molecule has 0 saturated heterocycles. The molecule has 0 aliphatic carbocycles. The lowest BCUT2D eigenvalue weighted by atomic mass is 10.1. The highest BCUT2D eigenvalue weighted by Gasteiger charge is 2.14. The van der Waals surface area contributed by atoms with Crippen LogP contribution in [-0.4, -0.2) is 27.2 Å². The maximum atomic E-state index is 5.41. The lowest BCUT2D eigenvalue weighted by Gasteiger charge is -2.02. The number of rotatable bonds is 3. The molecule has 0 bridgehead atoms. The molecule has 0 atom stereocenters. The summed E-state index contributed by atoms with van der Waals surface area (Å²) in [7, 11) is 1.57. The fraction of sp³-hybridized carbons (Fsp3) is 0.158. The van der Waals surface area contributed by atoms with E-state index >= 15 is 0 Å². The van der Waals surface area contributed by atoms with Crippen LogP contribution >= 0.6 is 0 Å². The van der Waals surface area contributed by atoms with Crippen LogP contribution < -0.4 is 4.74 Å². The number of methoxy groups -OCH3 is 1. The molecule has 0 radical (unpaired) electrons. The lowest BCUT2D eigenvalue weighted by molar-refractivity contribution is 0.396. The Balaban J connectivity index is 1.74. The number of hydrogen-bond donors (Lipinski definition) is 0. The zero-order valence-electron chi connectivity index (χ0n) is 14.1. The smallest absolute Gasteiger partial charge is 0.258 e. The van der Waals surface area contributed by atoms with E-state index in [0.717, 1.165) is 22.2 Å². The molecule has 6 nitrogen and oxygen atoms in total. The average Bonchev–Trinajstić information content (AvgIpc) is 3.11. The Morgan fingerprint density at radius 2 is 1.80 bits per heavy atom. The molecule has 0 amide bonds. The number of pyridine rings is 2. The van der Waals surface area contributed by atoms with Crippen molar-refractivity contribution in [3.63, 3.8) is 0 Å². The summed E-state index contributed by atoms with van der Waals surface area (Å²) < 4.78 is 10.6. The molecular formula is C19H16N4O2. The molecule has 25 heavy (non-hydrogen) atoms. The predicted molar refractivity (Wildman–Crippen MR) is 94.3 cm³/mol. The summed E-state index contributed by atoms with van der Waals surface area (Å²) in [5, 5.41) is 5.15. The van der Waals surface area contributed by atoms with Crippen LogP contribution in [-0.2, 0) is 0 Å². The molecule has 3 aromatic heterocycles. The Morgan fingerprint density at radius 3 is 2.64 bits per heavy atom. The number of aryl methyl sites for hydroxylation is 2. The van der Waals surface area contributed by atoms with Crippen molar-refractivity contribution < 1.29 is 9.26 Å². The highest BCUT2D eigenvalue weighted by atomic mass is 16.5. The second-order valence-corrected chi connectivity index (χ2v) is 5.86. The van der Waals surface area contributed by atoms with Crippen LogP contribution in [0.15, 0.2) is 47.0 Å². The SMILES string of the molecule is COc1cc(-c2nc(-c3ccc4cc(C)ccc4n3)no2)cc(C)n1. The van der Waals surface area contributed by atoms with Crippen molar-refractivity contribution >= 4 is 10.9 Å². The number of benzene rings is 1. The molecule has 0 fully saturated rings. The number of ether oxygens (including phenoxy) is 1. The topological polar surface area (TPSA) is 73.9 Å². The third-order valence-corrected chi connectivity index (χ3v) is 3.89. The van der Waals surface area contributed by atoms with Gasteiger partial charge in [0.2, 0.25) is 11.7 Å². The van der Waals surface area contributed by atoms with Crippen LogP contribution in [0.4, 0.5) is 0 Å². The molecule has 0 N–H and O–H groups in total. The lowest BCUT2D eigenvalue weighted by Crippen LogP contribution is -1.91. The molecule has 0 spiro atoms. The molecule has 124 valence electrons. The van der Waals surface area contributed by atoms with Gasteiger partial charge in [0.1, 0.15) is 5.69 Å². The molecule has 0 aliphatic rings. The number of hydrogen-bond acceptors (Lipinski definition) is 6. The van der Waals surface area contributed by atoms with Crippen molar-refractivity contribution in [1.29, 1.82) is 0 Å². The molecule has 0 unspecified atom stereocenters. The van der Waals surface area contributed by atoms with Gasteiger partial charge in [-0.1, -0.05) is 22.9 Å². The van der Waals surface area contributed by atoms with E-state index in [1.165, 1.54) is 5.56 Å². The van der Waals surface area contributed by atoms with Gasteiger partial charge in [0.25, 0.3) is 5.89 Å². The summed E-state index contributed by atoms with van der Waals surface area (Å²) in [5.41, 5.74) is 4.35. The summed E-state index contributed by atoms with van der Waals surface area (Å²) in [6, 6.07) is 13.7. The van der Waals surface area contributed by atoms with E-state index in [2.05, 4.69) is 33.1 Å². The molecule has 1 aromatic carbocycles. The Labute approximate surface area is 144 Å². The van der Waals surface area contributed by atoms with E-state index in [1.54, 1.807) is 13.2 Å². The average molecular weight is 332 g/mol. The van der Waals surface area contributed by atoms with Gasteiger partial charge >= 0.3 is 0 Å². The molecule has 4 aromatic rings. The fourth-order valence-corrected chi connectivity index (χ4v) is 2.68. The van der Waals surface area contributed by atoms with E-state index in [-0.39, 0.29) is 0 Å². The first-order valence-electron chi connectivity index (χ1n) is 7.87. The van der Waals surface area contributed by atoms with Crippen LogP contribution in [0, 0.1) is 13.8 Å². The fourth-order valence-electron chi connectivity index (χ4n) is 2.68. The van der Waals surface area contributed by atoms with E-state index in [1.807, 2.05) is 37.3 Å². The molecular weight excluding hydrogens is 316 g/mol. The number of fused-ring (bicyclic) bond motifs is 1. The highest BCUT2D eigenvalue weighted by molar-refractivity contribution is 5.81. The van der Waals surface area contributed by atoms with Crippen LogP contribution in [0.5, 0.6) is 5.88 Å². The first-order chi connectivity index (χ1) is 12.1. The van der Waals surface area contributed by atoms with Crippen molar-refractivity contribution in [2.75, 3.05) is 7.11 Å². The first-order valence-corrected chi connectivity index (χ1v) is 7.87. The zero-order valence-corrected chi connectivity index (χ0v) is 14.1. The van der Waals surface area contributed by atoms with Gasteiger partial charge in [-0.05, 0) is 38.1 Å². The summed E-state index contributed by atoms with van der Waals surface area (Å²) in [4.78, 5) is 13.4. The van der Waals surface area contributed by atoms with E-state index < -0.39 is 0 Å². The normalized spacial score (nSPS) is 11.0. The molecule has 0 saturated carbocycles. The van der Waals surface area contributed by atoms with E-state index in [4.69, 9.17) is 9.26 Å². The minimum Gasteiger partial charge on any atom is -0.481 e. The van der Waals surface area contributed by atoms with Crippen LogP contribution in [0.3, 0.4) is 0 Å². The monoisotopic (exact) mass is 332 g/mol. The van der Waals surface area contributed by atoms with Crippen molar-refractivity contribution in [1.82, 2.24) is 20.1 Å². The van der Waals surface area contributed by atoms with Gasteiger partial charge in [-0.3, -0.25) is 0 Å². The van der Waals surface area contributed by atoms with Crippen LogP contribution in [0.2, 0.25) is 0 Å². The molecule has 6 heteroatoms. The first kappa shape index (κ1) is 15.3. The second-order valence-electron chi connectivity index (χ2n) is 5.86. The Bertz CT molecular complexity index is 1070. The van der Waals surface area contributed by atoms with Crippen LogP contribution in [0.25, 0.3) is 33.9 Å². The second kappa shape index (κ2) is 5.98. The van der Waals surface area contributed by atoms with Crippen molar-refractivity contribution in [3.05, 3.63) is 53.7 Å². The van der Waals surface area contributed by atoms with Gasteiger partial charge < -0.3 is 9.26 Å². The van der Waals surface area contributed by atoms with E-state index in [9.17, 15) is 0 Å². The maximum absolute atomic E-state index is 5.41. The van der Waals surface area contributed by atoms with Gasteiger partial charge in [-0.15, -0.1) is 0 Å². The number of aromatic nitrogens is 4. The van der Waals surface area contributed by atoms with Gasteiger partial charge in [0.15, 0.2) is 0 Å². The minimum atomic E-state index is 0.407. The zero-order chi connectivity index (χ0) is 17.4. The third-order valence-electron chi connectivity index (χ3n) is 3.89. The standard InChI is InChI=1S/C19H16N4O2/c1-11-4-6-15-13(8-11)5-7-16(21-15)18-22-19(25-23-18)14-9-12(2)20-17(10-14)24-3/h4-10H,1-3H3. The van der Waals surface area contributed by atoms with Crippen LogP contribution in [0.1, 0.15) is 11.3 Å². The van der Waals surface area contributed by atoms with Crippen molar-refractivity contribution in [3.8, 4) is 28.9 Å². The van der Waals surface area contributed by atoms with Crippen molar-refractivity contribution in [2.45, 2.75) is 13.8 Å². The molecule has 3 heterocycles. The summed E-state index contributed by atoms with van der Waals surface area (Å²) >= 11 is 0. The summed E-state index contributed by atoms with van der Waals surface area (Å²) in [5.74, 6) is 1.37. The Hall–Kier alpha value is -3.28. The predicted octanol–water partition coefficient (Wildman–Crippen LogP) is 3.97. The maximum Gasteiger partial charge on any atom is 0.258 e. The van der Waals surface area contributed by atoms with Gasteiger partial charge in [-0.25, -0.2) is 9.97 Å². The minimum absolute atomic E-state index is 0.407. The van der Waals surface area contributed by atoms with Crippen molar-refractivity contribution in [2.24, 2.45) is 0 Å². The Kier molecular flexibility index (Phi) is 3.65. The highest BCUT2D eigenvalue weighted by Crippen LogP contribution is 2.25. The molecule has 4 rings (SSSR count). The van der Waals surface area contributed by atoms with E-state index in [0.29, 0.717) is 23.3 Å². The Morgan fingerprint density at radius 1 is 0.920 bits per heavy atom.